The molecule has 1 fully saturated rings. The summed E-state index contributed by atoms with van der Waals surface area (Å²) in [5.74, 6) is 6.91. The molecule has 2 unspecified atom stereocenters. The number of amides is 1. The van der Waals surface area contributed by atoms with Crippen LogP contribution < -0.4 is 10.6 Å². The van der Waals surface area contributed by atoms with Crippen LogP contribution >= 0.6 is 11.6 Å². The third-order valence-corrected chi connectivity index (χ3v) is 8.89. The molecular formula is C33H41ClN4O4. The Morgan fingerprint density at radius 2 is 2.05 bits per heavy atom. The highest BCUT2D eigenvalue weighted by molar-refractivity contribution is 6.30. The maximum absolute atomic E-state index is 12.7. The topological polar surface area (TPSA) is 112 Å². The van der Waals surface area contributed by atoms with E-state index in [4.69, 9.17) is 22.2 Å². The van der Waals surface area contributed by atoms with Gasteiger partial charge < -0.3 is 19.8 Å². The standard InChI is InChI=1S/C33H41ClN4O4/c1-4-31(39)38(35)30-20-37(18-15-33(30,41)22-9-12-24(34)13-10-22)17-6-8-25-26-7-5-16-36-28(26)21-42-29-14-11-23(19-27(25)29)32(2,3)40/h8-14,16,19,30,40-41H,4-7,15,17-18,20-21,35H2,1-3H3/b25-8+. The number of aliphatic hydroxyl groups is 2. The first kappa shape index (κ1) is 30.4. The molecule has 8 nitrogen and oxygen atoms in total. The first-order valence-electron chi connectivity index (χ1n) is 14.7. The second kappa shape index (κ2) is 12.3. The van der Waals surface area contributed by atoms with Crippen molar-refractivity contribution in [3.8, 4) is 5.75 Å². The van der Waals surface area contributed by atoms with Crippen molar-refractivity contribution in [1.29, 1.82) is 0 Å². The molecule has 2 aromatic rings. The lowest BCUT2D eigenvalue weighted by Crippen LogP contribution is -2.64. The first-order chi connectivity index (χ1) is 20.0. The lowest BCUT2D eigenvalue weighted by molar-refractivity contribution is -0.149. The third kappa shape index (κ3) is 6.19. The predicted molar refractivity (Wildman–Crippen MR) is 166 cm³/mol. The maximum Gasteiger partial charge on any atom is 0.236 e. The number of allylic oxidation sites excluding steroid dienone is 2. The number of hydrogen-bond acceptors (Lipinski definition) is 7. The van der Waals surface area contributed by atoms with Crippen LogP contribution in [0.5, 0.6) is 5.75 Å². The molecular weight excluding hydrogens is 552 g/mol. The van der Waals surface area contributed by atoms with Gasteiger partial charge in [0.25, 0.3) is 0 Å². The summed E-state index contributed by atoms with van der Waals surface area (Å²) in [6.07, 6.45) is 7.35. The van der Waals surface area contributed by atoms with Crippen LogP contribution in [-0.2, 0) is 16.0 Å². The Bertz CT molecular complexity index is 1410. The van der Waals surface area contributed by atoms with Crippen molar-refractivity contribution in [2.45, 2.75) is 70.1 Å². The van der Waals surface area contributed by atoms with Gasteiger partial charge in [-0.15, -0.1) is 0 Å². The van der Waals surface area contributed by atoms with Crippen LogP contribution in [0.25, 0.3) is 5.57 Å². The quantitative estimate of drug-likeness (QED) is 0.239. The van der Waals surface area contributed by atoms with Crippen LogP contribution in [-0.4, -0.2) is 64.5 Å². The fraction of sp³-hybridized carbons (Fsp3) is 0.455. The maximum atomic E-state index is 12.7. The number of ether oxygens (including phenoxy) is 1. The number of benzene rings is 2. The number of aliphatic imine (C=N–C) groups is 1. The second-order valence-electron chi connectivity index (χ2n) is 11.9. The zero-order valence-electron chi connectivity index (χ0n) is 24.6. The Hall–Kier alpha value is -3.01. The van der Waals surface area contributed by atoms with Gasteiger partial charge in [-0.1, -0.05) is 42.8 Å². The molecule has 0 spiro atoms. The van der Waals surface area contributed by atoms with Gasteiger partial charge in [0.1, 0.15) is 18.0 Å². The summed E-state index contributed by atoms with van der Waals surface area (Å²) in [6.45, 7) is 7.55. The van der Waals surface area contributed by atoms with E-state index in [1.54, 1.807) is 32.9 Å². The summed E-state index contributed by atoms with van der Waals surface area (Å²) in [4.78, 5) is 19.6. The van der Waals surface area contributed by atoms with Crippen molar-refractivity contribution in [2.75, 3.05) is 26.2 Å². The Kier molecular flexibility index (Phi) is 8.92. The molecule has 2 atom stereocenters. The normalized spacial score (nSPS) is 23.7. The number of carbonyl (C=O) groups excluding carboxylic acids is 1. The van der Waals surface area contributed by atoms with E-state index in [2.05, 4.69) is 16.0 Å². The molecule has 1 saturated heterocycles. The van der Waals surface area contributed by atoms with Crippen molar-refractivity contribution < 1.29 is 19.7 Å². The zero-order chi connectivity index (χ0) is 30.1. The predicted octanol–water partition coefficient (Wildman–Crippen LogP) is 4.93. The molecule has 3 aliphatic rings. The van der Waals surface area contributed by atoms with Crippen molar-refractivity contribution in [2.24, 2.45) is 10.8 Å². The van der Waals surface area contributed by atoms with Gasteiger partial charge in [0.2, 0.25) is 5.91 Å². The van der Waals surface area contributed by atoms with E-state index in [1.165, 1.54) is 10.6 Å². The summed E-state index contributed by atoms with van der Waals surface area (Å²) >= 11 is 6.11. The Morgan fingerprint density at radius 3 is 2.76 bits per heavy atom. The highest BCUT2D eigenvalue weighted by Gasteiger charge is 2.46. The molecule has 5 rings (SSSR count). The summed E-state index contributed by atoms with van der Waals surface area (Å²) in [5, 5.41) is 24.4. The van der Waals surface area contributed by atoms with Crippen molar-refractivity contribution in [3.63, 3.8) is 0 Å². The number of piperidine rings is 1. The molecule has 0 aromatic heterocycles. The van der Waals surface area contributed by atoms with Crippen LogP contribution in [0.3, 0.4) is 0 Å². The number of rotatable bonds is 7. The molecule has 3 aliphatic heterocycles. The molecule has 0 saturated carbocycles. The van der Waals surface area contributed by atoms with E-state index in [-0.39, 0.29) is 12.3 Å². The molecule has 1 amide bonds. The van der Waals surface area contributed by atoms with Crippen LogP contribution in [0.4, 0.5) is 0 Å². The van der Waals surface area contributed by atoms with Gasteiger partial charge in [-0.2, -0.15) is 0 Å². The number of nitrogens with zero attached hydrogens (tertiary/aromatic N) is 3. The van der Waals surface area contributed by atoms with Crippen molar-refractivity contribution >= 4 is 29.3 Å². The SMILES string of the molecule is CCC(=O)N(N)C1CN(CC/C=C2\C3=C(COc4ccc(C(C)(C)O)cc42)N=CCC3)CCC1(O)c1ccc(Cl)cc1. The monoisotopic (exact) mass is 592 g/mol. The molecule has 4 N–H and O–H groups in total. The summed E-state index contributed by atoms with van der Waals surface area (Å²) < 4.78 is 6.17. The Morgan fingerprint density at radius 1 is 1.29 bits per heavy atom. The smallest absolute Gasteiger partial charge is 0.236 e. The largest absolute Gasteiger partial charge is 0.487 e. The first-order valence-corrected chi connectivity index (χ1v) is 15.1. The minimum Gasteiger partial charge on any atom is -0.487 e. The minimum absolute atomic E-state index is 0.216. The molecule has 3 heterocycles. The summed E-state index contributed by atoms with van der Waals surface area (Å²) in [7, 11) is 0. The van der Waals surface area contributed by atoms with Gasteiger partial charge in [-0.3, -0.25) is 14.8 Å². The van der Waals surface area contributed by atoms with E-state index in [9.17, 15) is 15.0 Å². The van der Waals surface area contributed by atoms with Crippen LogP contribution in [0, 0.1) is 0 Å². The van der Waals surface area contributed by atoms with Gasteiger partial charge >= 0.3 is 0 Å². The number of carbonyl (C=O) groups is 1. The molecule has 2 aromatic carbocycles. The number of likely N-dealkylation sites (tertiary alicyclic amines) is 1. The molecule has 224 valence electrons. The molecule has 9 heteroatoms. The summed E-state index contributed by atoms with van der Waals surface area (Å²) in [5.41, 5.74) is 3.43. The van der Waals surface area contributed by atoms with Gasteiger partial charge in [-0.25, -0.2) is 5.84 Å². The van der Waals surface area contributed by atoms with Crippen LogP contribution in [0.1, 0.15) is 69.6 Å². The van der Waals surface area contributed by atoms with Crippen LogP contribution in [0.2, 0.25) is 5.02 Å². The van der Waals surface area contributed by atoms with E-state index >= 15 is 0 Å². The van der Waals surface area contributed by atoms with Gasteiger partial charge in [0.05, 0.1) is 17.3 Å². The second-order valence-corrected chi connectivity index (χ2v) is 12.3. The van der Waals surface area contributed by atoms with Gasteiger partial charge in [0.15, 0.2) is 0 Å². The number of halogens is 1. The Labute approximate surface area is 253 Å². The Balaban J connectivity index is 1.41. The minimum atomic E-state index is -1.29. The molecule has 0 radical (unpaired) electrons. The zero-order valence-corrected chi connectivity index (χ0v) is 25.4. The molecule has 0 bridgehead atoms. The van der Waals surface area contributed by atoms with Gasteiger partial charge in [0, 0.05) is 42.9 Å². The van der Waals surface area contributed by atoms with E-state index < -0.39 is 17.2 Å². The van der Waals surface area contributed by atoms with E-state index in [0.29, 0.717) is 36.7 Å². The lowest BCUT2D eigenvalue weighted by atomic mass is 9.80. The fourth-order valence-corrected chi connectivity index (χ4v) is 6.26. The highest BCUT2D eigenvalue weighted by Crippen LogP contribution is 2.41. The fourth-order valence-electron chi connectivity index (χ4n) is 6.14. The number of nitrogens with two attached hydrogens (primary N) is 1. The van der Waals surface area contributed by atoms with E-state index in [0.717, 1.165) is 54.0 Å². The average molecular weight is 593 g/mol. The van der Waals surface area contributed by atoms with Crippen molar-refractivity contribution in [3.05, 3.63) is 81.5 Å². The average Bonchev–Trinajstić information content (AvgIpc) is 3.13. The lowest BCUT2D eigenvalue weighted by Gasteiger charge is -2.48. The summed E-state index contributed by atoms with van der Waals surface area (Å²) in [6, 6.07) is 12.4. The van der Waals surface area contributed by atoms with Gasteiger partial charge in [-0.05, 0) is 86.1 Å². The van der Waals surface area contributed by atoms with Crippen LogP contribution in [0.15, 0.2) is 64.8 Å². The highest BCUT2D eigenvalue weighted by atomic mass is 35.5. The van der Waals surface area contributed by atoms with Crippen molar-refractivity contribution in [1.82, 2.24) is 9.91 Å². The number of hydrogen-bond donors (Lipinski definition) is 3. The number of hydrazine groups is 1. The molecule has 42 heavy (non-hydrogen) atoms. The number of fused-ring (bicyclic) bond motifs is 1. The third-order valence-electron chi connectivity index (χ3n) is 8.64. The van der Waals surface area contributed by atoms with E-state index in [1.807, 2.05) is 36.5 Å². The molecule has 0 aliphatic carbocycles.